The van der Waals surface area contributed by atoms with E-state index in [0.29, 0.717) is 12.2 Å². The minimum Gasteiger partial charge on any atom is -0.376 e. The highest BCUT2D eigenvalue weighted by atomic mass is 32.1. The molecule has 6 nitrogen and oxygen atoms in total. The number of benzene rings is 1. The van der Waals surface area contributed by atoms with Crippen LogP contribution in [0.3, 0.4) is 0 Å². The van der Waals surface area contributed by atoms with Gasteiger partial charge in [0.15, 0.2) is 4.80 Å². The molecule has 7 heteroatoms. The van der Waals surface area contributed by atoms with Crippen molar-refractivity contribution in [2.24, 2.45) is 4.99 Å². The van der Waals surface area contributed by atoms with Crippen molar-refractivity contribution in [3.63, 3.8) is 0 Å². The maximum Gasteiger partial charge on any atom is 0.297 e. The maximum atomic E-state index is 13.5. The lowest BCUT2D eigenvalue weighted by atomic mass is 9.92. The Morgan fingerprint density at radius 1 is 1.15 bits per heavy atom. The average molecular weight is 481 g/mol. The molecule has 1 fully saturated rings. The standard InChI is InChI=1S/C27H36N4O2S/c1-26(2,3)22-15-21(31(29-22)16-19-11-8-7-9-12-19)24(32)28-25-30(17-20-13-10-14-33-20)18-23(34-25)27(4,5)6/h7-9,11-12,15,18,20H,10,13-14,16-17H2,1-6H3/t20-/m1/s1. The fourth-order valence-electron chi connectivity index (χ4n) is 3.93. The van der Waals surface area contributed by atoms with Crippen molar-refractivity contribution in [2.45, 2.75) is 84.4 Å². The zero-order valence-electron chi connectivity index (χ0n) is 21.2. The number of nitrogens with zero attached hydrogens (tertiary/aromatic N) is 4. The topological polar surface area (TPSA) is 61.4 Å². The molecular weight excluding hydrogens is 444 g/mol. The van der Waals surface area contributed by atoms with Crippen LogP contribution in [0.25, 0.3) is 0 Å². The Hall–Kier alpha value is -2.51. The largest absolute Gasteiger partial charge is 0.376 e. The first-order valence-electron chi connectivity index (χ1n) is 12.0. The predicted molar refractivity (Wildman–Crippen MR) is 136 cm³/mol. The fourth-order valence-corrected chi connectivity index (χ4v) is 4.98. The van der Waals surface area contributed by atoms with Gasteiger partial charge in [-0.05, 0) is 29.9 Å². The van der Waals surface area contributed by atoms with Gasteiger partial charge in [0.2, 0.25) is 0 Å². The van der Waals surface area contributed by atoms with Gasteiger partial charge in [-0.2, -0.15) is 10.1 Å². The molecule has 4 rings (SSSR count). The maximum absolute atomic E-state index is 13.5. The van der Waals surface area contributed by atoms with Gasteiger partial charge in [0.05, 0.1) is 24.9 Å². The molecule has 1 aliphatic rings. The molecule has 3 heterocycles. The summed E-state index contributed by atoms with van der Waals surface area (Å²) in [7, 11) is 0. The normalized spacial score (nSPS) is 17.5. The van der Waals surface area contributed by atoms with Crippen LogP contribution < -0.4 is 4.80 Å². The van der Waals surface area contributed by atoms with Crippen LogP contribution in [0.2, 0.25) is 0 Å². The van der Waals surface area contributed by atoms with E-state index in [4.69, 9.17) is 9.84 Å². The van der Waals surface area contributed by atoms with Gasteiger partial charge in [0.25, 0.3) is 5.91 Å². The van der Waals surface area contributed by atoms with Crippen LogP contribution in [-0.2, 0) is 28.7 Å². The van der Waals surface area contributed by atoms with Crippen molar-refractivity contribution in [3.05, 3.63) is 69.2 Å². The number of thiazole rings is 1. The molecular formula is C27H36N4O2S. The van der Waals surface area contributed by atoms with Crippen molar-refractivity contribution in [2.75, 3.05) is 6.61 Å². The number of amides is 1. The van der Waals surface area contributed by atoms with Gasteiger partial charge in [-0.15, -0.1) is 11.3 Å². The van der Waals surface area contributed by atoms with Gasteiger partial charge in [-0.1, -0.05) is 71.9 Å². The van der Waals surface area contributed by atoms with Crippen LogP contribution in [0.15, 0.2) is 47.6 Å². The molecule has 0 bridgehead atoms. The third-order valence-corrected chi connectivity index (χ3v) is 7.47. The van der Waals surface area contributed by atoms with Crippen molar-refractivity contribution >= 4 is 17.2 Å². The molecule has 0 spiro atoms. The first kappa shape index (κ1) is 24.6. The lowest BCUT2D eigenvalue weighted by Crippen LogP contribution is -2.24. The summed E-state index contributed by atoms with van der Waals surface area (Å²) in [5.74, 6) is -0.262. The van der Waals surface area contributed by atoms with E-state index in [-0.39, 0.29) is 22.8 Å². The number of aromatic nitrogens is 3. The summed E-state index contributed by atoms with van der Waals surface area (Å²) in [4.78, 5) is 20.1. The van der Waals surface area contributed by atoms with E-state index < -0.39 is 0 Å². The van der Waals surface area contributed by atoms with Gasteiger partial charge in [-0.3, -0.25) is 9.48 Å². The van der Waals surface area contributed by atoms with Gasteiger partial charge < -0.3 is 9.30 Å². The Balaban J connectivity index is 1.74. The van der Waals surface area contributed by atoms with E-state index in [1.165, 1.54) is 4.88 Å². The highest BCUT2D eigenvalue weighted by molar-refractivity contribution is 7.09. The molecule has 34 heavy (non-hydrogen) atoms. The monoisotopic (exact) mass is 480 g/mol. The number of carbonyl (C=O) groups excluding carboxylic acids is 1. The van der Waals surface area contributed by atoms with Gasteiger partial charge in [0, 0.05) is 23.1 Å². The molecule has 1 amide bonds. The van der Waals surface area contributed by atoms with Crippen molar-refractivity contribution in [1.82, 2.24) is 14.3 Å². The molecule has 0 N–H and O–H groups in total. The summed E-state index contributed by atoms with van der Waals surface area (Å²) in [5, 5.41) is 4.80. The Labute approximate surface area is 206 Å². The summed E-state index contributed by atoms with van der Waals surface area (Å²) in [6.07, 6.45) is 4.44. The molecule has 0 radical (unpaired) electrons. The highest BCUT2D eigenvalue weighted by Gasteiger charge is 2.25. The molecule has 1 aromatic carbocycles. The van der Waals surface area contributed by atoms with E-state index in [9.17, 15) is 4.79 Å². The van der Waals surface area contributed by atoms with Crippen molar-refractivity contribution in [1.29, 1.82) is 0 Å². The fraction of sp³-hybridized carbons (Fsp3) is 0.519. The van der Waals surface area contributed by atoms with Crippen molar-refractivity contribution in [3.8, 4) is 0 Å². The number of carbonyl (C=O) groups is 1. The molecule has 1 atom stereocenters. The Bertz CT molecular complexity index is 1200. The van der Waals surface area contributed by atoms with Crippen LogP contribution in [0.5, 0.6) is 0 Å². The molecule has 3 aromatic rings. The third-order valence-electron chi connectivity index (χ3n) is 6.02. The van der Waals surface area contributed by atoms with Gasteiger partial charge in [0.1, 0.15) is 5.69 Å². The summed E-state index contributed by atoms with van der Waals surface area (Å²) < 4.78 is 9.76. The van der Waals surface area contributed by atoms with E-state index in [2.05, 4.69) is 57.3 Å². The molecule has 1 aliphatic heterocycles. The van der Waals surface area contributed by atoms with Crippen LogP contribution in [0.1, 0.15) is 81.0 Å². The van der Waals surface area contributed by atoms with E-state index >= 15 is 0 Å². The van der Waals surface area contributed by atoms with E-state index in [1.54, 1.807) is 16.0 Å². The number of ether oxygens (including phenoxy) is 1. The summed E-state index contributed by atoms with van der Waals surface area (Å²) in [6.45, 7) is 14.9. The van der Waals surface area contributed by atoms with E-state index in [0.717, 1.165) is 42.1 Å². The summed E-state index contributed by atoms with van der Waals surface area (Å²) >= 11 is 1.59. The molecule has 2 aromatic heterocycles. The third kappa shape index (κ3) is 5.76. The highest BCUT2D eigenvalue weighted by Crippen LogP contribution is 2.26. The van der Waals surface area contributed by atoms with Gasteiger partial charge in [-0.25, -0.2) is 0 Å². The zero-order valence-corrected chi connectivity index (χ0v) is 22.0. The average Bonchev–Trinajstić information content (AvgIpc) is 3.49. The summed E-state index contributed by atoms with van der Waals surface area (Å²) in [6, 6.07) is 12.0. The Kier molecular flexibility index (Phi) is 6.97. The minimum absolute atomic E-state index is 0.0196. The van der Waals surface area contributed by atoms with Crippen LogP contribution >= 0.6 is 11.3 Å². The Morgan fingerprint density at radius 2 is 1.88 bits per heavy atom. The van der Waals surface area contributed by atoms with Crippen LogP contribution in [0.4, 0.5) is 0 Å². The smallest absolute Gasteiger partial charge is 0.297 e. The second kappa shape index (κ2) is 9.62. The quantitative estimate of drug-likeness (QED) is 0.497. The predicted octanol–water partition coefficient (Wildman–Crippen LogP) is 5.31. The van der Waals surface area contributed by atoms with Crippen molar-refractivity contribution < 1.29 is 9.53 Å². The Morgan fingerprint density at radius 3 is 2.50 bits per heavy atom. The van der Waals surface area contributed by atoms with E-state index in [1.807, 2.05) is 36.4 Å². The van der Waals surface area contributed by atoms with Crippen LogP contribution in [0, 0.1) is 0 Å². The second-order valence-electron chi connectivity index (χ2n) is 11.1. The second-order valence-corrected chi connectivity index (χ2v) is 12.1. The van der Waals surface area contributed by atoms with Crippen LogP contribution in [-0.4, -0.2) is 33.0 Å². The molecule has 0 saturated carbocycles. The number of rotatable bonds is 5. The lowest BCUT2D eigenvalue weighted by molar-refractivity contribution is 0.0946. The van der Waals surface area contributed by atoms with Gasteiger partial charge >= 0.3 is 0 Å². The molecule has 0 unspecified atom stereocenters. The summed E-state index contributed by atoms with van der Waals surface area (Å²) in [5.41, 5.74) is 2.31. The number of hydrogen-bond donors (Lipinski definition) is 0. The first-order valence-corrected chi connectivity index (χ1v) is 12.9. The molecule has 1 saturated heterocycles. The first-order chi connectivity index (χ1) is 16.0. The zero-order chi connectivity index (χ0) is 24.5. The molecule has 0 aliphatic carbocycles. The number of hydrogen-bond acceptors (Lipinski definition) is 4. The molecule has 182 valence electrons. The lowest BCUT2D eigenvalue weighted by Gasteiger charge is -2.15. The SMILES string of the molecule is CC(C)(C)c1cc(C(=O)N=c2sc(C(C)(C)C)cn2C[C@H]2CCCO2)n(Cc2ccccc2)n1. The minimum atomic E-state index is -0.262.